The van der Waals surface area contributed by atoms with Gasteiger partial charge < -0.3 is 18.8 Å². The molecule has 0 saturated heterocycles. The third-order valence-electron chi connectivity index (χ3n) is 7.22. The van der Waals surface area contributed by atoms with Gasteiger partial charge in [-0.1, -0.05) is 35.6 Å². The monoisotopic (exact) mass is 607 g/mol. The minimum Gasteiger partial charge on any atom is -0.486 e. The van der Waals surface area contributed by atoms with Crippen molar-refractivity contribution in [2.24, 2.45) is 4.99 Å². The van der Waals surface area contributed by atoms with Gasteiger partial charge in [-0.25, -0.2) is 8.42 Å². The molecule has 0 aliphatic carbocycles. The fourth-order valence-corrected chi connectivity index (χ4v) is 7.57. The molecule has 2 aliphatic heterocycles. The highest BCUT2D eigenvalue weighted by Gasteiger charge is 2.28. The van der Waals surface area contributed by atoms with Gasteiger partial charge >= 0.3 is 5.97 Å². The molecule has 12 heteroatoms. The molecule has 6 rings (SSSR count). The van der Waals surface area contributed by atoms with Crippen LogP contribution in [0.1, 0.15) is 34.8 Å². The second kappa shape index (κ2) is 11.7. The number of thiazole rings is 1. The van der Waals surface area contributed by atoms with Crippen molar-refractivity contribution < 1.29 is 32.2 Å². The van der Waals surface area contributed by atoms with E-state index in [4.69, 9.17) is 14.2 Å². The maximum absolute atomic E-state index is 13.4. The van der Waals surface area contributed by atoms with Gasteiger partial charge in [0, 0.05) is 37.3 Å². The van der Waals surface area contributed by atoms with Crippen molar-refractivity contribution in [1.29, 1.82) is 0 Å². The maximum Gasteiger partial charge on any atom is 0.307 e. The molecule has 0 saturated carbocycles. The zero-order valence-electron chi connectivity index (χ0n) is 22.9. The van der Waals surface area contributed by atoms with Gasteiger partial charge in [-0.2, -0.15) is 9.30 Å². The highest BCUT2D eigenvalue weighted by atomic mass is 32.2. The molecule has 0 radical (unpaired) electrons. The maximum atomic E-state index is 13.4. The van der Waals surface area contributed by atoms with Crippen LogP contribution in [0.4, 0.5) is 0 Å². The first kappa shape index (κ1) is 28.1. The average Bonchev–Trinajstić information content (AvgIpc) is 3.34. The molecule has 1 amide bonds. The summed E-state index contributed by atoms with van der Waals surface area (Å²) in [5.74, 6) is 0.315. The fourth-order valence-electron chi connectivity index (χ4n) is 5.09. The van der Waals surface area contributed by atoms with Gasteiger partial charge in [0.25, 0.3) is 5.91 Å². The Morgan fingerprint density at radius 1 is 1.00 bits per heavy atom. The fraction of sp³-hybridized carbons (Fsp3) is 0.300. The number of carbonyl (C=O) groups is 2. The number of ether oxygens (including phenoxy) is 3. The molecule has 0 bridgehead atoms. The lowest BCUT2D eigenvalue weighted by molar-refractivity contribution is -0.143. The number of amides is 1. The standard InChI is InChI=1S/C30H29N3O7S2/c1-2-38-28(34)12-14-33-24-17-25-26(40-16-15-39-25)18-27(24)41-30(33)31-29(35)21-7-9-23(10-8-21)42(36,37)32-13-11-20-5-3-4-6-22(20)19-32/h3-10,17-18H,2,11-16,19H2,1H3. The van der Waals surface area contributed by atoms with Gasteiger partial charge in [-0.05, 0) is 48.7 Å². The number of benzene rings is 3. The molecule has 3 aromatic carbocycles. The Bertz CT molecular complexity index is 1840. The van der Waals surface area contributed by atoms with Crippen LogP contribution in [0.25, 0.3) is 10.2 Å². The molecule has 0 unspecified atom stereocenters. The minimum absolute atomic E-state index is 0.100. The number of aryl methyl sites for hydroxylation is 1. The molecule has 0 atom stereocenters. The number of fused-ring (bicyclic) bond motifs is 3. The smallest absolute Gasteiger partial charge is 0.307 e. The van der Waals surface area contributed by atoms with E-state index in [9.17, 15) is 18.0 Å². The summed E-state index contributed by atoms with van der Waals surface area (Å²) in [5.41, 5.74) is 3.16. The summed E-state index contributed by atoms with van der Waals surface area (Å²) >= 11 is 1.29. The van der Waals surface area contributed by atoms with Crippen LogP contribution in [0.3, 0.4) is 0 Å². The number of sulfonamides is 1. The summed E-state index contributed by atoms with van der Waals surface area (Å²) < 4.78 is 47.3. The highest BCUT2D eigenvalue weighted by Crippen LogP contribution is 2.35. The Hall–Kier alpha value is -4.00. The largest absolute Gasteiger partial charge is 0.486 e. The van der Waals surface area contributed by atoms with E-state index in [1.807, 2.05) is 36.4 Å². The SMILES string of the molecule is CCOC(=O)CCn1c(=NC(=O)c2ccc(S(=O)(=O)N3CCc4ccccc4C3)cc2)sc2cc3c(cc21)OCCO3. The highest BCUT2D eigenvalue weighted by molar-refractivity contribution is 7.89. The Labute approximate surface area is 246 Å². The summed E-state index contributed by atoms with van der Waals surface area (Å²) in [6.45, 7) is 3.85. The van der Waals surface area contributed by atoms with E-state index in [-0.39, 0.29) is 36.0 Å². The molecular weight excluding hydrogens is 578 g/mol. The van der Waals surface area contributed by atoms with Crippen LogP contribution in [-0.4, -0.2) is 55.5 Å². The van der Waals surface area contributed by atoms with Crippen molar-refractivity contribution in [2.45, 2.75) is 37.8 Å². The topological polar surface area (TPSA) is 117 Å². The van der Waals surface area contributed by atoms with E-state index >= 15 is 0 Å². The molecule has 3 heterocycles. The van der Waals surface area contributed by atoms with Crippen LogP contribution in [0, 0.1) is 0 Å². The minimum atomic E-state index is -3.74. The average molecular weight is 608 g/mol. The van der Waals surface area contributed by atoms with E-state index in [1.165, 1.54) is 39.9 Å². The third-order valence-corrected chi connectivity index (χ3v) is 10.1. The van der Waals surface area contributed by atoms with Gasteiger partial charge in [-0.15, -0.1) is 0 Å². The first-order valence-electron chi connectivity index (χ1n) is 13.7. The Kier molecular flexibility index (Phi) is 7.84. The molecule has 0 fully saturated rings. The number of rotatable bonds is 7. The number of carbonyl (C=O) groups excluding carboxylic acids is 2. The molecule has 1 aromatic heterocycles. The molecule has 42 heavy (non-hydrogen) atoms. The summed E-state index contributed by atoms with van der Waals surface area (Å²) in [4.78, 5) is 30.3. The second-order valence-corrected chi connectivity index (χ2v) is 12.8. The Morgan fingerprint density at radius 3 is 2.45 bits per heavy atom. The summed E-state index contributed by atoms with van der Waals surface area (Å²) in [5, 5.41) is 0. The molecule has 0 spiro atoms. The van der Waals surface area contributed by atoms with Crippen LogP contribution in [0.15, 0.2) is 70.6 Å². The number of aromatic nitrogens is 1. The van der Waals surface area contributed by atoms with Crippen LogP contribution in [0.5, 0.6) is 11.5 Å². The second-order valence-electron chi connectivity index (χ2n) is 9.85. The van der Waals surface area contributed by atoms with E-state index in [2.05, 4.69) is 4.99 Å². The van der Waals surface area contributed by atoms with Crippen molar-refractivity contribution in [3.63, 3.8) is 0 Å². The van der Waals surface area contributed by atoms with E-state index in [0.29, 0.717) is 49.0 Å². The first-order chi connectivity index (χ1) is 20.3. The zero-order chi connectivity index (χ0) is 29.3. The van der Waals surface area contributed by atoms with E-state index < -0.39 is 15.9 Å². The summed E-state index contributed by atoms with van der Waals surface area (Å²) in [6.07, 6.45) is 0.750. The van der Waals surface area contributed by atoms with Gasteiger partial charge in [0.2, 0.25) is 10.0 Å². The first-order valence-corrected chi connectivity index (χ1v) is 15.9. The lowest BCUT2D eigenvalue weighted by Crippen LogP contribution is -2.35. The van der Waals surface area contributed by atoms with Crippen molar-refractivity contribution >= 4 is 43.5 Å². The summed E-state index contributed by atoms with van der Waals surface area (Å²) in [7, 11) is -3.74. The summed E-state index contributed by atoms with van der Waals surface area (Å²) in [6, 6.07) is 17.4. The van der Waals surface area contributed by atoms with Crippen LogP contribution in [-0.2, 0) is 39.1 Å². The van der Waals surface area contributed by atoms with Crippen molar-refractivity contribution in [3.05, 3.63) is 82.2 Å². The van der Waals surface area contributed by atoms with Crippen molar-refractivity contribution in [1.82, 2.24) is 8.87 Å². The van der Waals surface area contributed by atoms with E-state index in [1.54, 1.807) is 11.5 Å². The lowest BCUT2D eigenvalue weighted by Gasteiger charge is -2.28. The molecule has 10 nitrogen and oxygen atoms in total. The molecule has 2 aliphatic rings. The lowest BCUT2D eigenvalue weighted by atomic mass is 10.0. The van der Waals surface area contributed by atoms with Gasteiger partial charge in [0.15, 0.2) is 16.3 Å². The Morgan fingerprint density at radius 2 is 1.71 bits per heavy atom. The predicted molar refractivity (Wildman–Crippen MR) is 156 cm³/mol. The van der Waals surface area contributed by atoms with Crippen molar-refractivity contribution in [3.8, 4) is 11.5 Å². The number of nitrogens with zero attached hydrogens (tertiary/aromatic N) is 3. The van der Waals surface area contributed by atoms with Crippen molar-refractivity contribution in [2.75, 3.05) is 26.4 Å². The molecular formula is C30H29N3O7S2. The van der Waals surface area contributed by atoms with Gasteiger partial charge in [0.05, 0.1) is 28.1 Å². The van der Waals surface area contributed by atoms with Gasteiger partial charge in [-0.3, -0.25) is 9.59 Å². The molecule has 4 aromatic rings. The van der Waals surface area contributed by atoms with Gasteiger partial charge in [0.1, 0.15) is 13.2 Å². The quantitative estimate of drug-likeness (QED) is 0.293. The number of esters is 1. The number of hydrogen-bond acceptors (Lipinski definition) is 8. The third kappa shape index (κ3) is 5.57. The van der Waals surface area contributed by atoms with Crippen LogP contribution >= 0.6 is 11.3 Å². The van der Waals surface area contributed by atoms with Crippen LogP contribution in [0.2, 0.25) is 0 Å². The molecule has 218 valence electrons. The normalized spacial score (nSPS) is 15.4. The zero-order valence-corrected chi connectivity index (χ0v) is 24.6. The van der Waals surface area contributed by atoms with Crippen LogP contribution < -0.4 is 14.3 Å². The Balaban J connectivity index is 1.28. The number of hydrogen-bond donors (Lipinski definition) is 0. The predicted octanol–water partition coefficient (Wildman–Crippen LogP) is 3.92. The van der Waals surface area contributed by atoms with E-state index in [0.717, 1.165) is 21.3 Å². The molecule has 0 N–H and O–H groups in total.